The van der Waals surface area contributed by atoms with Crippen LogP contribution in [0.2, 0.25) is 0 Å². The van der Waals surface area contributed by atoms with Crippen LogP contribution >= 0.6 is 11.3 Å². The number of nitrogens with zero attached hydrogens (tertiary/aromatic N) is 6. The van der Waals surface area contributed by atoms with Crippen molar-refractivity contribution in [1.29, 1.82) is 0 Å². The molecule has 0 fully saturated rings. The Kier molecular flexibility index (Phi) is 5.26. The minimum Gasteiger partial charge on any atom is -0.320 e. The molecule has 0 saturated heterocycles. The normalized spacial score (nSPS) is 14.7. The van der Waals surface area contributed by atoms with Crippen molar-refractivity contribution in [3.63, 3.8) is 0 Å². The van der Waals surface area contributed by atoms with Crippen molar-refractivity contribution in [2.75, 3.05) is 4.90 Å². The van der Waals surface area contributed by atoms with Crippen LogP contribution in [-0.4, -0.2) is 25.3 Å². The van der Waals surface area contributed by atoms with E-state index in [2.05, 4.69) is 4.99 Å². The summed E-state index contributed by atoms with van der Waals surface area (Å²) in [4.78, 5) is 33.9. The molecule has 178 valence electrons. The lowest BCUT2D eigenvalue weighted by Crippen LogP contribution is -2.44. The summed E-state index contributed by atoms with van der Waals surface area (Å²) in [5.74, 6) is 0.352. The lowest BCUT2D eigenvalue weighted by molar-refractivity contribution is 0.651. The Morgan fingerprint density at radius 2 is 1.53 bits per heavy atom. The first-order valence-electron chi connectivity index (χ1n) is 11.4. The highest BCUT2D eigenvalue weighted by Gasteiger charge is 2.36. The van der Waals surface area contributed by atoms with Gasteiger partial charge in [0, 0.05) is 31.5 Å². The number of anilines is 1. The fourth-order valence-electron chi connectivity index (χ4n) is 4.60. The molecule has 6 rings (SSSR count). The standard InChI is InChI=1S/C27H22N6O2S/c1-30-25-22(26(34)31(2)27(30)35)24(32(17-28-25)18-10-5-3-6-11-18)20-16-33(19-12-7-4-8-13-19)29-23(20)21-14-9-15-36-21/h3-17,24H,1-2H3. The van der Waals surface area contributed by atoms with Crippen LogP contribution in [0.3, 0.4) is 0 Å². The van der Waals surface area contributed by atoms with Gasteiger partial charge in [0.2, 0.25) is 0 Å². The van der Waals surface area contributed by atoms with Crippen LogP contribution in [0.15, 0.2) is 99.0 Å². The second-order valence-corrected chi connectivity index (χ2v) is 9.47. The lowest BCUT2D eigenvalue weighted by atomic mass is 9.96. The second-order valence-electron chi connectivity index (χ2n) is 8.52. The first kappa shape index (κ1) is 22.0. The van der Waals surface area contributed by atoms with Gasteiger partial charge in [-0.3, -0.25) is 13.9 Å². The first-order chi connectivity index (χ1) is 17.5. The smallest absolute Gasteiger partial charge is 0.320 e. The minimum atomic E-state index is -0.556. The Morgan fingerprint density at radius 1 is 0.833 bits per heavy atom. The number of thiophene rings is 1. The zero-order valence-corrected chi connectivity index (χ0v) is 20.5. The highest BCUT2D eigenvalue weighted by Crippen LogP contribution is 2.42. The zero-order chi connectivity index (χ0) is 24.8. The van der Waals surface area contributed by atoms with Gasteiger partial charge in [0.25, 0.3) is 5.56 Å². The molecule has 0 N–H and O–H groups in total. The van der Waals surface area contributed by atoms with Crippen molar-refractivity contribution in [1.82, 2.24) is 18.9 Å². The Hall–Kier alpha value is -4.50. The number of fused-ring (bicyclic) bond motifs is 1. The molecule has 2 aromatic carbocycles. The van der Waals surface area contributed by atoms with Crippen LogP contribution in [0.5, 0.6) is 0 Å². The quantitative estimate of drug-likeness (QED) is 0.374. The van der Waals surface area contributed by atoms with Crippen molar-refractivity contribution in [3.05, 3.63) is 116 Å². The molecule has 1 aliphatic rings. The molecule has 1 aliphatic heterocycles. The molecule has 36 heavy (non-hydrogen) atoms. The predicted octanol–water partition coefficient (Wildman–Crippen LogP) is 4.27. The molecule has 0 saturated carbocycles. The molecule has 4 heterocycles. The van der Waals surface area contributed by atoms with E-state index in [1.54, 1.807) is 24.7 Å². The summed E-state index contributed by atoms with van der Waals surface area (Å²) in [6.07, 6.45) is 3.66. The van der Waals surface area contributed by atoms with Crippen molar-refractivity contribution >= 4 is 29.2 Å². The zero-order valence-electron chi connectivity index (χ0n) is 19.6. The predicted molar refractivity (Wildman–Crippen MR) is 143 cm³/mol. The molecule has 0 aliphatic carbocycles. The van der Waals surface area contributed by atoms with Crippen LogP contribution in [0.4, 0.5) is 11.5 Å². The Labute approximate surface area is 210 Å². The van der Waals surface area contributed by atoms with Gasteiger partial charge in [0.05, 0.1) is 28.5 Å². The van der Waals surface area contributed by atoms with Gasteiger partial charge in [0.1, 0.15) is 11.5 Å². The summed E-state index contributed by atoms with van der Waals surface area (Å²) in [5, 5.41) is 6.98. The van der Waals surface area contributed by atoms with Crippen molar-refractivity contribution < 1.29 is 0 Å². The number of rotatable bonds is 4. The van der Waals surface area contributed by atoms with Gasteiger partial charge < -0.3 is 4.90 Å². The van der Waals surface area contributed by atoms with Crippen LogP contribution in [-0.2, 0) is 14.1 Å². The Bertz CT molecular complexity index is 1700. The van der Waals surface area contributed by atoms with E-state index in [0.717, 1.165) is 32.1 Å². The lowest BCUT2D eigenvalue weighted by Gasteiger charge is -2.34. The van der Waals surface area contributed by atoms with E-state index < -0.39 is 11.7 Å². The Balaban J connectivity index is 1.68. The topological polar surface area (TPSA) is 77.4 Å². The summed E-state index contributed by atoms with van der Waals surface area (Å²) >= 11 is 1.59. The van der Waals surface area contributed by atoms with Gasteiger partial charge in [-0.15, -0.1) is 11.3 Å². The number of aromatic nitrogens is 4. The maximum absolute atomic E-state index is 13.6. The highest BCUT2D eigenvalue weighted by molar-refractivity contribution is 7.13. The molecular weight excluding hydrogens is 472 g/mol. The molecule has 0 bridgehead atoms. The van der Waals surface area contributed by atoms with E-state index in [1.807, 2.05) is 94.0 Å². The van der Waals surface area contributed by atoms with Gasteiger partial charge in [-0.2, -0.15) is 5.10 Å². The van der Waals surface area contributed by atoms with E-state index in [-0.39, 0.29) is 5.56 Å². The summed E-state index contributed by atoms with van der Waals surface area (Å²) in [5.41, 5.74) is 3.03. The number of hydrogen-bond donors (Lipinski definition) is 0. The highest BCUT2D eigenvalue weighted by atomic mass is 32.1. The molecule has 0 spiro atoms. The minimum absolute atomic E-state index is 0.352. The largest absolute Gasteiger partial charge is 0.332 e. The van der Waals surface area contributed by atoms with Crippen molar-refractivity contribution in [3.8, 4) is 16.3 Å². The van der Waals surface area contributed by atoms with Crippen LogP contribution in [0.1, 0.15) is 17.2 Å². The van der Waals surface area contributed by atoms with E-state index >= 15 is 0 Å². The van der Waals surface area contributed by atoms with Gasteiger partial charge in [0.15, 0.2) is 0 Å². The third kappa shape index (κ3) is 3.44. The van der Waals surface area contributed by atoms with E-state index in [9.17, 15) is 9.59 Å². The molecule has 0 radical (unpaired) electrons. The third-order valence-corrected chi connectivity index (χ3v) is 7.27. The third-order valence-electron chi connectivity index (χ3n) is 6.39. The van der Waals surface area contributed by atoms with Gasteiger partial charge in [-0.25, -0.2) is 14.5 Å². The maximum Gasteiger partial charge on any atom is 0.332 e. The Morgan fingerprint density at radius 3 is 2.19 bits per heavy atom. The van der Waals surface area contributed by atoms with E-state index in [1.165, 1.54) is 11.6 Å². The molecule has 8 nitrogen and oxygen atoms in total. The van der Waals surface area contributed by atoms with Crippen LogP contribution in [0, 0.1) is 0 Å². The van der Waals surface area contributed by atoms with Crippen LogP contribution in [0.25, 0.3) is 16.3 Å². The summed E-state index contributed by atoms with van der Waals surface area (Å²) in [7, 11) is 3.14. The van der Waals surface area contributed by atoms with Crippen molar-refractivity contribution in [2.45, 2.75) is 6.04 Å². The number of benzene rings is 2. The van der Waals surface area contributed by atoms with E-state index in [0.29, 0.717) is 11.4 Å². The average molecular weight is 495 g/mol. The molecular formula is C27H22N6O2S. The molecule has 1 unspecified atom stereocenters. The molecule has 9 heteroatoms. The first-order valence-corrected chi connectivity index (χ1v) is 12.3. The van der Waals surface area contributed by atoms with Gasteiger partial charge >= 0.3 is 5.69 Å². The maximum atomic E-state index is 13.6. The SMILES string of the molecule is Cn1c2c(c(=O)n(C)c1=O)C(c1cn(-c3ccccc3)nc1-c1cccs1)N(c1ccccc1)C=N2. The molecule has 0 amide bonds. The van der Waals surface area contributed by atoms with Crippen molar-refractivity contribution in [2.24, 2.45) is 19.1 Å². The summed E-state index contributed by atoms with van der Waals surface area (Å²) in [6.45, 7) is 0. The van der Waals surface area contributed by atoms with Gasteiger partial charge in [-0.1, -0.05) is 42.5 Å². The second kappa shape index (κ2) is 8.62. The molecule has 1 atom stereocenters. The van der Waals surface area contributed by atoms with Crippen LogP contribution < -0.4 is 16.1 Å². The monoisotopic (exact) mass is 494 g/mol. The fourth-order valence-corrected chi connectivity index (χ4v) is 5.34. The number of aliphatic imine (C=N–C) groups is 1. The average Bonchev–Trinajstić information content (AvgIpc) is 3.61. The van der Waals surface area contributed by atoms with E-state index in [4.69, 9.17) is 5.10 Å². The van der Waals surface area contributed by atoms with Gasteiger partial charge in [-0.05, 0) is 35.7 Å². The molecule has 3 aromatic heterocycles. The number of hydrogen-bond acceptors (Lipinski definition) is 6. The summed E-state index contributed by atoms with van der Waals surface area (Å²) in [6, 6.07) is 23.1. The fraction of sp³-hybridized carbons (Fsp3) is 0.111. The molecule has 5 aromatic rings. The summed E-state index contributed by atoms with van der Waals surface area (Å²) < 4.78 is 4.41. The number of para-hydroxylation sites is 2.